The molecule has 0 amide bonds. The maximum Gasteiger partial charge on any atom is 0.241 e. The first kappa shape index (κ1) is 13.2. The van der Waals surface area contributed by atoms with Gasteiger partial charge in [-0.15, -0.1) is 0 Å². The Kier molecular flexibility index (Phi) is 4.49. The SMILES string of the molecule is CCN(CC)Cc1nc(-c2ccc(Br)cc2)no1. The van der Waals surface area contributed by atoms with Gasteiger partial charge in [0.2, 0.25) is 11.7 Å². The third-order valence-electron chi connectivity index (χ3n) is 2.82. The molecule has 1 aromatic carbocycles. The molecule has 1 aromatic heterocycles. The molecule has 0 unspecified atom stereocenters. The molecule has 2 aromatic rings. The van der Waals surface area contributed by atoms with Gasteiger partial charge in [-0.2, -0.15) is 4.98 Å². The smallest absolute Gasteiger partial charge is 0.241 e. The molecule has 1 heterocycles. The Morgan fingerprint density at radius 1 is 1.17 bits per heavy atom. The van der Waals surface area contributed by atoms with Crippen molar-refractivity contribution in [3.63, 3.8) is 0 Å². The Labute approximate surface area is 115 Å². The van der Waals surface area contributed by atoms with Crippen LogP contribution >= 0.6 is 15.9 Å². The summed E-state index contributed by atoms with van der Waals surface area (Å²) in [4.78, 5) is 6.65. The van der Waals surface area contributed by atoms with Crippen molar-refractivity contribution in [1.82, 2.24) is 15.0 Å². The number of halogens is 1. The van der Waals surface area contributed by atoms with Crippen LogP contribution in [0.15, 0.2) is 33.3 Å². The minimum Gasteiger partial charge on any atom is -0.338 e. The number of hydrogen-bond donors (Lipinski definition) is 0. The normalized spacial score (nSPS) is 11.1. The van der Waals surface area contributed by atoms with Gasteiger partial charge in [-0.25, -0.2) is 0 Å². The van der Waals surface area contributed by atoms with E-state index in [-0.39, 0.29) is 0 Å². The Morgan fingerprint density at radius 3 is 2.44 bits per heavy atom. The first-order valence-corrected chi connectivity index (χ1v) is 6.83. The third kappa shape index (κ3) is 3.17. The highest BCUT2D eigenvalue weighted by atomic mass is 79.9. The summed E-state index contributed by atoms with van der Waals surface area (Å²) in [6, 6.07) is 7.87. The van der Waals surface area contributed by atoms with Gasteiger partial charge in [0.05, 0.1) is 6.54 Å². The van der Waals surface area contributed by atoms with Gasteiger partial charge in [-0.3, -0.25) is 4.90 Å². The molecule has 5 heteroatoms. The molecule has 0 fully saturated rings. The standard InChI is InChI=1S/C13H16BrN3O/c1-3-17(4-2)9-12-15-13(16-18-12)10-5-7-11(14)8-6-10/h5-8H,3-4,9H2,1-2H3. The Bertz CT molecular complexity index is 491. The van der Waals surface area contributed by atoms with Crippen molar-refractivity contribution in [3.8, 4) is 11.4 Å². The molecule has 0 atom stereocenters. The molecule has 0 radical (unpaired) electrons. The maximum absolute atomic E-state index is 5.27. The molecule has 0 aliphatic rings. The van der Waals surface area contributed by atoms with Gasteiger partial charge in [0.15, 0.2) is 0 Å². The van der Waals surface area contributed by atoms with E-state index in [2.05, 4.69) is 44.8 Å². The topological polar surface area (TPSA) is 42.2 Å². The average molecular weight is 310 g/mol. The zero-order valence-electron chi connectivity index (χ0n) is 10.6. The van der Waals surface area contributed by atoms with Gasteiger partial charge >= 0.3 is 0 Å². The van der Waals surface area contributed by atoms with Crippen molar-refractivity contribution in [1.29, 1.82) is 0 Å². The molecule has 0 aliphatic heterocycles. The van der Waals surface area contributed by atoms with Crippen LogP contribution < -0.4 is 0 Å². The zero-order valence-corrected chi connectivity index (χ0v) is 12.1. The minimum atomic E-state index is 0.643. The van der Waals surface area contributed by atoms with Crippen LogP contribution in [0.4, 0.5) is 0 Å². The molecule has 0 N–H and O–H groups in total. The summed E-state index contributed by atoms with van der Waals surface area (Å²) < 4.78 is 6.31. The van der Waals surface area contributed by atoms with Gasteiger partial charge in [0, 0.05) is 10.0 Å². The van der Waals surface area contributed by atoms with E-state index in [1.807, 2.05) is 24.3 Å². The van der Waals surface area contributed by atoms with E-state index in [4.69, 9.17) is 4.52 Å². The summed E-state index contributed by atoms with van der Waals surface area (Å²) >= 11 is 3.40. The highest BCUT2D eigenvalue weighted by molar-refractivity contribution is 9.10. The van der Waals surface area contributed by atoms with E-state index in [0.717, 1.165) is 23.1 Å². The Hall–Kier alpha value is -1.20. The summed E-state index contributed by atoms with van der Waals surface area (Å²) in [5.74, 6) is 1.31. The monoisotopic (exact) mass is 309 g/mol. The Morgan fingerprint density at radius 2 is 1.83 bits per heavy atom. The van der Waals surface area contributed by atoms with Gasteiger partial charge in [0.25, 0.3) is 0 Å². The highest BCUT2D eigenvalue weighted by Crippen LogP contribution is 2.19. The van der Waals surface area contributed by atoms with Crippen LogP contribution in [0.2, 0.25) is 0 Å². The van der Waals surface area contributed by atoms with E-state index in [0.29, 0.717) is 18.3 Å². The van der Waals surface area contributed by atoms with Crippen LogP contribution in [0.5, 0.6) is 0 Å². The second-order valence-corrected chi connectivity index (χ2v) is 4.90. The lowest BCUT2D eigenvalue weighted by atomic mass is 10.2. The third-order valence-corrected chi connectivity index (χ3v) is 3.35. The largest absolute Gasteiger partial charge is 0.338 e. The van der Waals surface area contributed by atoms with Gasteiger partial charge < -0.3 is 4.52 Å². The minimum absolute atomic E-state index is 0.643. The molecule has 0 spiro atoms. The van der Waals surface area contributed by atoms with E-state index in [1.165, 1.54) is 0 Å². The quantitative estimate of drug-likeness (QED) is 0.849. The molecule has 96 valence electrons. The molecule has 0 saturated carbocycles. The van der Waals surface area contributed by atoms with Gasteiger partial charge in [-0.05, 0) is 37.4 Å². The summed E-state index contributed by atoms with van der Waals surface area (Å²) in [6.45, 7) is 6.90. The van der Waals surface area contributed by atoms with Gasteiger partial charge in [0.1, 0.15) is 0 Å². The van der Waals surface area contributed by atoms with Gasteiger partial charge in [-0.1, -0.05) is 34.9 Å². The fourth-order valence-electron chi connectivity index (χ4n) is 1.67. The fourth-order valence-corrected chi connectivity index (χ4v) is 1.94. The van der Waals surface area contributed by atoms with E-state index < -0.39 is 0 Å². The lowest BCUT2D eigenvalue weighted by molar-refractivity contribution is 0.246. The molecular weight excluding hydrogens is 294 g/mol. The molecule has 18 heavy (non-hydrogen) atoms. The lowest BCUT2D eigenvalue weighted by Gasteiger charge is -2.14. The second-order valence-electron chi connectivity index (χ2n) is 3.98. The number of hydrogen-bond acceptors (Lipinski definition) is 4. The Balaban J connectivity index is 2.12. The van der Waals surface area contributed by atoms with E-state index >= 15 is 0 Å². The van der Waals surface area contributed by atoms with Crippen LogP contribution in [0, 0.1) is 0 Å². The summed E-state index contributed by atoms with van der Waals surface area (Å²) in [5, 5.41) is 4.01. The highest BCUT2D eigenvalue weighted by Gasteiger charge is 2.10. The number of benzene rings is 1. The first-order chi connectivity index (χ1) is 8.72. The van der Waals surface area contributed by atoms with Crippen molar-refractivity contribution in [2.75, 3.05) is 13.1 Å². The van der Waals surface area contributed by atoms with Crippen molar-refractivity contribution >= 4 is 15.9 Å². The van der Waals surface area contributed by atoms with Crippen LogP contribution in [0.3, 0.4) is 0 Å². The number of aromatic nitrogens is 2. The molecule has 0 aliphatic carbocycles. The fraction of sp³-hybridized carbons (Fsp3) is 0.385. The maximum atomic E-state index is 5.27. The summed E-state index contributed by atoms with van der Waals surface area (Å²) in [6.07, 6.45) is 0. The van der Waals surface area contributed by atoms with Crippen LogP contribution in [0.25, 0.3) is 11.4 Å². The molecule has 2 rings (SSSR count). The molecule has 0 saturated heterocycles. The first-order valence-electron chi connectivity index (χ1n) is 6.03. The van der Waals surface area contributed by atoms with E-state index in [9.17, 15) is 0 Å². The zero-order chi connectivity index (χ0) is 13.0. The summed E-state index contributed by atoms with van der Waals surface area (Å²) in [5.41, 5.74) is 0.966. The van der Waals surface area contributed by atoms with Crippen molar-refractivity contribution in [2.45, 2.75) is 20.4 Å². The average Bonchev–Trinajstić information content (AvgIpc) is 2.85. The predicted octanol–water partition coefficient (Wildman–Crippen LogP) is 3.34. The van der Waals surface area contributed by atoms with Crippen molar-refractivity contribution < 1.29 is 4.52 Å². The van der Waals surface area contributed by atoms with E-state index in [1.54, 1.807) is 0 Å². The lowest BCUT2D eigenvalue weighted by Crippen LogP contribution is -2.22. The summed E-state index contributed by atoms with van der Waals surface area (Å²) in [7, 11) is 0. The van der Waals surface area contributed by atoms with Crippen molar-refractivity contribution in [3.05, 3.63) is 34.6 Å². The second kappa shape index (κ2) is 6.11. The van der Waals surface area contributed by atoms with Crippen molar-refractivity contribution in [2.24, 2.45) is 0 Å². The van der Waals surface area contributed by atoms with Crippen LogP contribution in [-0.2, 0) is 6.54 Å². The molecule has 4 nitrogen and oxygen atoms in total. The molecule has 0 bridgehead atoms. The van der Waals surface area contributed by atoms with Crippen LogP contribution in [-0.4, -0.2) is 28.1 Å². The molecular formula is C13H16BrN3O. The van der Waals surface area contributed by atoms with Crippen LogP contribution in [0.1, 0.15) is 19.7 Å². The number of rotatable bonds is 5. The number of nitrogens with zero attached hydrogens (tertiary/aromatic N) is 3. The predicted molar refractivity (Wildman–Crippen MR) is 74.1 cm³/mol.